The first-order valence-corrected chi connectivity index (χ1v) is 15.3. The number of rotatable bonds is 8. The molecule has 2 aliphatic heterocycles. The molecule has 1 fully saturated rings. The molecule has 8 N–H and O–H groups in total. The summed E-state index contributed by atoms with van der Waals surface area (Å²) in [5, 5.41) is 43.8. The number of aliphatic hydroxyl groups excluding tert-OH is 3. The van der Waals surface area contributed by atoms with Crippen LogP contribution in [0.25, 0.3) is 0 Å². The predicted octanol–water partition coefficient (Wildman–Crippen LogP) is 1.36. The van der Waals surface area contributed by atoms with E-state index < -0.39 is 60.2 Å². The summed E-state index contributed by atoms with van der Waals surface area (Å²) in [5.41, 5.74) is 13.6. The average molecular weight is 658 g/mol. The molecule has 250 valence electrons. The Hall–Kier alpha value is -4.76. The van der Waals surface area contributed by atoms with Gasteiger partial charge in [-0.3, -0.25) is 19.4 Å². The van der Waals surface area contributed by atoms with Crippen molar-refractivity contribution in [3.05, 3.63) is 98.6 Å². The number of phenols is 1. The van der Waals surface area contributed by atoms with Crippen LogP contribution >= 0.6 is 0 Å². The van der Waals surface area contributed by atoms with Crippen molar-refractivity contribution in [1.82, 2.24) is 0 Å². The molecule has 13 nitrogen and oxygen atoms in total. The van der Waals surface area contributed by atoms with Crippen molar-refractivity contribution in [2.75, 3.05) is 6.54 Å². The maximum atomic E-state index is 14.4. The summed E-state index contributed by atoms with van der Waals surface area (Å²) < 4.78 is 17.3. The molecule has 3 aromatic carbocycles. The number of nitrogens with zero attached hydrogens (tertiary/aromatic N) is 1. The Bertz CT molecular complexity index is 1880. The van der Waals surface area contributed by atoms with Gasteiger partial charge in [0.2, 0.25) is 6.29 Å². The normalized spacial score (nSPS) is 23.2. The van der Waals surface area contributed by atoms with Crippen molar-refractivity contribution in [2.45, 2.75) is 63.6 Å². The van der Waals surface area contributed by atoms with Crippen LogP contribution in [0.15, 0.2) is 59.1 Å². The summed E-state index contributed by atoms with van der Waals surface area (Å²) in [6.07, 6.45) is -4.69. The summed E-state index contributed by atoms with van der Waals surface area (Å²) in [6.45, 7) is 3.08. The molecule has 5 unspecified atom stereocenters. The number of aromatic hydroxyl groups is 1. The quantitative estimate of drug-likeness (QED) is 0.0898. The van der Waals surface area contributed by atoms with E-state index in [9.17, 15) is 34.8 Å². The predicted molar refractivity (Wildman–Crippen MR) is 171 cm³/mol. The third-order valence-electron chi connectivity index (χ3n) is 8.67. The number of allylic oxidation sites excluding steroid dienone is 1. The molecule has 3 aliphatic rings. The lowest BCUT2D eigenvalue weighted by atomic mass is 9.77. The zero-order valence-corrected chi connectivity index (χ0v) is 26.1. The molecule has 1 aliphatic carbocycles. The highest BCUT2D eigenvalue weighted by Gasteiger charge is 2.45. The number of ketones is 2. The minimum Gasteiger partial charge on any atom is -0.507 e. The first-order valence-electron chi connectivity index (χ1n) is 15.3. The van der Waals surface area contributed by atoms with Gasteiger partial charge in [-0.1, -0.05) is 30.3 Å². The Morgan fingerprint density at radius 3 is 2.42 bits per heavy atom. The highest BCUT2D eigenvalue weighted by atomic mass is 16.7. The number of carbonyl (C=O) groups is 3. The van der Waals surface area contributed by atoms with Crippen LogP contribution in [0.3, 0.4) is 0 Å². The molecule has 0 radical (unpaired) electrons. The van der Waals surface area contributed by atoms with Crippen LogP contribution in [0.5, 0.6) is 17.2 Å². The molecular weight excluding hydrogens is 622 g/mol. The van der Waals surface area contributed by atoms with Gasteiger partial charge in [0.25, 0.3) is 0 Å². The first kappa shape index (κ1) is 33.2. The number of esters is 1. The lowest BCUT2D eigenvalue weighted by molar-refractivity contribution is -0.268. The van der Waals surface area contributed by atoms with Gasteiger partial charge >= 0.3 is 5.97 Å². The number of hydrogen-bond acceptors (Lipinski definition) is 13. The Morgan fingerprint density at radius 2 is 1.73 bits per heavy atom. The van der Waals surface area contributed by atoms with E-state index in [2.05, 4.69) is 4.99 Å². The molecule has 2 heterocycles. The largest absolute Gasteiger partial charge is 0.507 e. The van der Waals surface area contributed by atoms with Crippen molar-refractivity contribution >= 4 is 23.8 Å². The van der Waals surface area contributed by atoms with Crippen LogP contribution in [0.4, 0.5) is 0 Å². The van der Waals surface area contributed by atoms with E-state index in [0.717, 1.165) is 0 Å². The summed E-state index contributed by atoms with van der Waals surface area (Å²) >= 11 is 0. The smallest absolute Gasteiger partial charge is 0.308 e. The van der Waals surface area contributed by atoms with E-state index in [1.807, 2.05) is 6.08 Å². The lowest BCUT2D eigenvalue weighted by Crippen LogP contribution is -2.58. The number of benzene rings is 3. The Morgan fingerprint density at radius 1 is 0.979 bits per heavy atom. The van der Waals surface area contributed by atoms with E-state index in [0.29, 0.717) is 23.2 Å². The third kappa shape index (κ3) is 6.03. The van der Waals surface area contributed by atoms with Crippen LogP contribution in [-0.2, 0) is 22.4 Å². The van der Waals surface area contributed by atoms with Gasteiger partial charge in [-0.25, -0.2) is 0 Å². The molecule has 0 aromatic heterocycles. The summed E-state index contributed by atoms with van der Waals surface area (Å²) in [4.78, 5) is 44.5. The number of phenolic OH excluding ortho intramolecular Hbond substituents is 1. The number of carbonyl (C=O) groups excluding carboxylic acids is 3. The molecule has 6 rings (SSSR count). The number of fused-ring (bicyclic) bond motifs is 2. The number of nitrogens with two attached hydrogens (primary N) is 2. The topological polar surface area (TPSA) is 224 Å². The number of aliphatic hydroxyl groups is 3. The molecule has 13 heteroatoms. The number of aliphatic imine (C=N–C) groups is 1. The monoisotopic (exact) mass is 657 g/mol. The minimum absolute atomic E-state index is 0.000937. The zero-order chi connectivity index (χ0) is 34.4. The second kappa shape index (κ2) is 13.0. The van der Waals surface area contributed by atoms with Gasteiger partial charge in [0, 0.05) is 53.8 Å². The second-order valence-electron chi connectivity index (χ2n) is 12.0. The van der Waals surface area contributed by atoms with Crippen LogP contribution in [0.2, 0.25) is 0 Å². The summed E-state index contributed by atoms with van der Waals surface area (Å²) in [7, 11) is 0. The van der Waals surface area contributed by atoms with E-state index in [-0.39, 0.29) is 57.7 Å². The van der Waals surface area contributed by atoms with Crippen LogP contribution in [-0.4, -0.2) is 81.4 Å². The van der Waals surface area contributed by atoms with E-state index >= 15 is 0 Å². The number of hydrogen-bond donors (Lipinski definition) is 6. The second-order valence-corrected chi connectivity index (χ2v) is 12.0. The molecule has 5 atom stereocenters. The maximum Gasteiger partial charge on any atom is 0.308 e. The first-order chi connectivity index (χ1) is 22.8. The fraction of sp³-hybridized carbons (Fsp3) is 0.314. The summed E-state index contributed by atoms with van der Waals surface area (Å²) in [5.74, 6) is -2.47. The maximum absolute atomic E-state index is 14.4. The van der Waals surface area contributed by atoms with Gasteiger partial charge in [-0.2, -0.15) is 0 Å². The van der Waals surface area contributed by atoms with Crippen LogP contribution < -0.4 is 20.9 Å². The minimum atomic E-state index is -1.73. The molecule has 1 saturated heterocycles. The average Bonchev–Trinajstić information content (AvgIpc) is 3.57. The van der Waals surface area contributed by atoms with Crippen molar-refractivity contribution in [2.24, 2.45) is 16.5 Å². The Kier molecular flexibility index (Phi) is 9.00. The molecule has 0 saturated carbocycles. The molecular formula is C35H35N3O10. The van der Waals surface area contributed by atoms with Crippen molar-refractivity contribution in [3.8, 4) is 17.2 Å². The van der Waals surface area contributed by atoms with Gasteiger partial charge in [0.15, 0.2) is 11.6 Å². The highest BCUT2D eigenvalue weighted by molar-refractivity contribution is 6.30. The molecule has 0 bridgehead atoms. The molecule has 48 heavy (non-hydrogen) atoms. The van der Waals surface area contributed by atoms with Gasteiger partial charge in [0.1, 0.15) is 35.6 Å². The van der Waals surface area contributed by atoms with Gasteiger partial charge in [-0.15, -0.1) is 0 Å². The standard InChI is InChI=1S/C35H35N3O10/c1-15-27(40)31(44)32(45)35(46-15)48-33-23(12-18-8-9-38-14-18)25-26(30(43)24(33)11-17-4-3-5-19(10-17)34(36)37)28(41)21-7-6-20(47-16(2)39)13-22(21)29(25)42/h3-8,10,13-15,27,31-32,34-35,40,43-45H,9,11-12,36-37H2,1-2H3. The Balaban J connectivity index is 1.60. The fourth-order valence-corrected chi connectivity index (χ4v) is 6.23. The molecule has 0 spiro atoms. The highest BCUT2D eigenvalue weighted by Crippen LogP contribution is 2.46. The Labute approximate surface area is 275 Å². The van der Waals surface area contributed by atoms with Gasteiger partial charge < -0.3 is 46.1 Å². The van der Waals surface area contributed by atoms with Gasteiger partial charge in [-0.05, 0) is 41.8 Å². The van der Waals surface area contributed by atoms with Crippen molar-refractivity contribution < 1.29 is 49.0 Å². The fourth-order valence-electron chi connectivity index (χ4n) is 6.23. The van der Waals surface area contributed by atoms with Crippen molar-refractivity contribution in [1.29, 1.82) is 0 Å². The van der Waals surface area contributed by atoms with Crippen molar-refractivity contribution in [3.63, 3.8) is 0 Å². The third-order valence-corrected chi connectivity index (χ3v) is 8.67. The van der Waals surface area contributed by atoms with E-state index in [4.69, 9.17) is 25.7 Å². The zero-order valence-electron chi connectivity index (χ0n) is 26.1. The summed E-state index contributed by atoms with van der Waals surface area (Å²) in [6, 6.07) is 11.0. The van der Waals surface area contributed by atoms with Crippen LogP contribution in [0, 0.1) is 0 Å². The van der Waals surface area contributed by atoms with E-state index in [1.165, 1.54) is 32.0 Å². The van der Waals surface area contributed by atoms with Crippen LogP contribution in [0.1, 0.15) is 74.1 Å². The van der Waals surface area contributed by atoms with Gasteiger partial charge in [0.05, 0.1) is 24.4 Å². The molecule has 3 aromatic rings. The molecule has 0 amide bonds. The SMILES string of the molecule is CC(=O)Oc1ccc2c(c1)C(=O)c1c(CC3=CCN=C3)c(OC3OC(C)C(O)C(O)C3O)c(Cc3cccc(C(N)N)c3)c(O)c1C2=O. The lowest BCUT2D eigenvalue weighted by Gasteiger charge is -2.39. The number of ether oxygens (including phenoxy) is 3. The van der Waals surface area contributed by atoms with E-state index in [1.54, 1.807) is 30.5 Å².